The van der Waals surface area contributed by atoms with Crippen LogP contribution in [0.5, 0.6) is 0 Å². The van der Waals surface area contributed by atoms with E-state index in [1.807, 2.05) is 0 Å². The van der Waals surface area contributed by atoms with Crippen molar-refractivity contribution in [3.05, 3.63) is 0 Å². The van der Waals surface area contributed by atoms with Gasteiger partial charge in [0.05, 0.1) is 0 Å². The second-order valence-electron chi connectivity index (χ2n) is 3.70. The summed E-state index contributed by atoms with van der Waals surface area (Å²) in [5, 5.41) is 3.84. The van der Waals surface area contributed by atoms with Gasteiger partial charge in [0.25, 0.3) is 0 Å². The quantitative estimate of drug-likeness (QED) is 0.677. The Balaban J connectivity index is 4.48. The number of hydrogen-bond donors (Lipinski definition) is 3. The van der Waals surface area contributed by atoms with Crippen LogP contribution in [0.1, 0.15) is 20.3 Å². The Morgan fingerprint density at radius 1 is 1.35 bits per heavy atom. The Hall–Kier alpha value is -1.47. The first-order chi connectivity index (χ1) is 7.67. The van der Waals surface area contributed by atoms with Crippen LogP contribution in [-0.4, -0.2) is 30.7 Å². The molecule has 0 radical (unpaired) electrons. The van der Waals surface area contributed by atoms with Gasteiger partial charge in [-0.25, -0.2) is 4.79 Å². The molecule has 0 heterocycles. The van der Waals surface area contributed by atoms with Crippen molar-refractivity contribution in [2.24, 2.45) is 11.7 Å². The minimum absolute atomic E-state index is 0.310. The lowest BCUT2D eigenvalue weighted by molar-refractivity contribution is -0.140. The molecule has 0 aliphatic rings. The molecule has 2 unspecified atom stereocenters. The molecule has 2 atom stereocenters. The number of hydrogen-bond acceptors (Lipinski definition) is 2. The molecule has 0 aliphatic heterocycles. The lowest BCUT2D eigenvalue weighted by Crippen LogP contribution is -2.53. The normalized spacial score (nSPS) is 14.9. The summed E-state index contributed by atoms with van der Waals surface area (Å²) in [6.45, 7) is 1.95. The number of nitrogens with two attached hydrogens (primary N) is 1. The molecular formula is C9H16F3N3O2. The van der Waals surface area contributed by atoms with Gasteiger partial charge in [-0.2, -0.15) is 13.2 Å². The fourth-order valence-corrected chi connectivity index (χ4v) is 1.15. The minimum atomic E-state index is -4.48. The van der Waals surface area contributed by atoms with E-state index in [1.165, 1.54) is 0 Å². The number of amides is 3. The maximum absolute atomic E-state index is 11.9. The summed E-state index contributed by atoms with van der Waals surface area (Å²) >= 11 is 0. The lowest BCUT2D eigenvalue weighted by atomic mass is 9.98. The molecule has 0 saturated carbocycles. The summed E-state index contributed by atoms with van der Waals surface area (Å²) in [6, 6.07) is -2.00. The number of primary amides is 1. The second kappa shape index (κ2) is 6.31. The summed E-state index contributed by atoms with van der Waals surface area (Å²) in [6.07, 6.45) is -3.97. The van der Waals surface area contributed by atoms with Crippen LogP contribution in [0.15, 0.2) is 0 Å². The monoisotopic (exact) mass is 255 g/mol. The Labute approximate surface area is 96.9 Å². The van der Waals surface area contributed by atoms with Crippen molar-refractivity contribution >= 4 is 11.9 Å². The van der Waals surface area contributed by atoms with Gasteiger partial charge in [-0.3, -0.25) is 4.79 Å². The Bertz CT molecular complexity index is 281. The first kappa shape index (κ1) is 15.5. The molecule has 3 amide bonds. The van der Waals surface area contributed by atoms with Crippen LogP contribution in [0.3, 0.4) is 0 Å². The molecule has 0 aromatic carbocycles. The third-order valence-corrected chi connectivity index (χ3v) is 2.26. The van der Waals surface area contributed by atoms with Crippen LogP contribution in [0.4, 0.5) is 18.0 Å². The SMILES string of the molecule is CCC(C)C(NC(N)=O)C(=O)NCC(F)(F)F. The highest BCUT2D eigenvalue weighted by atomic mass is 19.4. The van der Waals surface area contributed by atoms with E-state index in [9.17, 15) is 22.8 Å². The van der Waals surface area contributed by atoms with E-state index in [-0.39, 0.29) is 5.92 Å². The summed E-state index contributed by atoms with van der Waals surface area (Å²) in [4.78, 5) is 22.1. The van der Waals surface area contributed by atoms with Gasteiger partial charge in [0, 0.05) is 0 Å². The first-order valence-electron chi connectivity index (χ1n) is 5.07. The van der Waals surface area contributed by atoms with Crippen LogP contribution in [0.25, 0.3) is 0 Å². The van der Waals surface area contributed by atoms with E-state index < -0.39 is 30.7 Å². The molecule has 100 valence electrons. The molecule has 0 rings (SSSR count). The molecule has 5 nitrogen and oxygen atoms in total. The number of carbonyl (C=O) groups excluding carboxylic acids is 2. The number of alkyl halides is 3. The fraction of sp³-hybridized carbons (Fsp3) is 0.778. The van der Waals surface area contributed by atoms with Crippen molar-refractivity contribution < 1.29 is 22.8 Å². The van der Waals surface area contributed by atoms with Gasteiger partial charge in [0.2, 0.25) is 5.91 Å². The molecule has 8 heteroatoms. The van der Waals surface area contributed by atoms with Gasteiger partial charge < -0.3 is 16.4 Å². The van der Waals surface area contributed by atoms with Gasteiger partial charge in [-0.15, -0.1) is 0 Å². The topological polar surface area (TPSA) is 84.2 Å². The summed E-state index contributed by atoms with van der Waals surface area (Å²) in [5.41, 5.74) is 4.85. The number of carbonyl (C=O) groups is 2. The zero-order valence-electron chi connectivity index (χ0n) is 9.60. The molecule has 0 aromatic rings. The number of urea groups is 1. The third-order valence-electron chi connectivity index (χ3n) is 2.26. The van der Waals surface area contributed by atoms with Gasteiger partial charge in [-0.1, -0.05) is 20.3 Å². The zero-order chi connectivity index (χ0) is 13.6. The molecule has 0 bridgehead atoms. The van der Waals surface area contributed by atoms with Gasteiger partial charge in [-0.05, 0) is 5.92 Å². The standard InChI is InChI=1S/C9H16F3N3O2/c1-3-5(2)6(15-8(13)17)7(16)14-4-9(10,11)12/h5-6H,3-4H2,1-2H3,(H,14,16)(H3,13,15,17). The maximum Gasteiger partial charge on any atom is 0.405 e. The smallest absolute Gasteiger partial charge is 0.352 e. The summed E-state index contributed by atoms with van der Waals surface area (Å²) in [7, 11) is 0. The van der Waals surface area contributed by atoms with Crippen LogP contribution < -0.4 is 16.4 Å². The Morgan fingerprint density at radius 2 is 1.88 bits per heavy atom. The van der Waals surface area contributed by atoms with Crippen molar-refractivity contribution in [2.45, 2.75) is 32.5 Å². The molecule has 0 aliphatic carbocycles. The summed E-state index contributed by atoms with van der Waals surface area (Å²) < 4.78 is 35.7. The average Bonchev–Trinajstić information content (AvgIpc) is 2.20. The predicted octanol–water partition coefficient (Wildman–Crippen LogP) is 0.748. The Kier molecular flexibility index (Phi) is 5.77. The van der Waals surface area contributed by atoms with Crippen molar-refractivity contribution in [1.82, 2.24) is 10.6 Å². The van der Waals surface area contributed by atoms with Crippen molar-refractivity contribution in [3.8, 4) is 0 Å². The predicted molar refractivity (Wildman–Crippen MR) is 55.0 cm³/mol. The Morgan fingerprint density at radius 3 is 2.24 bits per heavy atom. The van der Waals surface area contributed by atoms with E-state index in [0.29, 0.717) is 6.42 Å². The maximum atomic E-state index is 11.9. The van der Waals surface area contributed by atoms with Crippen molar-refractivity contribution in [1.29, 1.82) is 0 Å². The van der Waals surface area contributed by atoms with Gasteiger partial charge >= 0.3 is 12.2 Å². The minimum Gasteiger partial charge on any atom is -0.352 e. The van der Waals surface area contributed by atoms with Crippen LogP contribution in [-0.2, 0) is 4.79 Å². The van der Waals surface area contributed by atoms with Crippen LogP contribution in [0.2, 0.25) is 0 Å². The lowest BCUT2D eigenvalue weighted by Gasteiger charge is -2.22. The highest BCUT2D eigenvalue weighted by Gasteiger charge is 2.31. The van der Waals surface area contributed by atoms with Crippen molar-refractivity contribution in [2.75, 3.05) is 6.54 Å². The molecule has 0 fully saturated rings. The largest absolute Gasteiger partial charge is 0.405 e. The van der Waals surface area contributed by atoms with E-state index in [2.05, 4.69) is 5.32 Å². The average molecular weight is 255 g/mol. The van der Waals surface area contributed by atoms with Gasteiger partial charge in [0.1, 0.15) is 12.6 Å². The third kappa shape index (κ3) is 6.64. The molecule has 0 spiro atoms. The molecule has 0 aromatic heterocycles. The highest BCUT2D eigenvalue weighted by Crippen LogP contribution is 2.13. The van der Waals surface area contributed by atoms with Crippen LogP contribution in [0, 0.1) is 5.92 Å². The zero-order valence-corrected chi connectivity index (χ0v) is 9.60. The van der Waals surface area contributed by atoms with E-state index in [4.69, 9.17) is 5.73 Å². The molecule has 0 saturated heterocycles. The molecular weight excluding hydrogens is 239 g/mol. The van der Waals surface area contributed by atoms with Crippen molar-refractivity contribution in [3.63, 3.8) is 0 Å². The molecule has 17 heavy (non-hydrogen) atoms. The number of nitrogens with one attached hydrogen (secondary N) is 2. The van der Waals surface area contributed by atoms with E-state index >= 15 is 0 Å². The summed E-state index contributed by atoms with van der Waals surface area (Å²) in [5.74, 6) is -1.20. The fourth-order valence-electron chi connectivity index (χ4n) is 1.15. The van der Waals surface area contributed by atoms with Gasteiger partial charge in [0.15, 0.2) is 0 Å². The van der Waals surface area contributed by atoms with E-state index in [1.54, 1.807) is 19.2 Å². The number of halogens is 3. The highest BCUT2D eigenvalue weighted by molar-refractivity contribution is 5.86. The van der Waals surface area contributed by atoms with E-state index in [0.717, 1.165) is 0 Å². The second-order valence-corrected chi connectivity index (χ2v) is 3.70. The first-order valence-corrected chi connectivity index (χ1v) is 5.07. The molecule has 4 N–H and O–H groups in total. The van der Waals surface area contributed by atoms with Crippen LogP contribution >= 0.6 is 0 Å². The number of rotatable bonds is 5.